The van der Waals surface area contributed by atoms with Gasteiger partial charge in [0.05, 0.1) is 6.04 Å². The number of thioether (sulfide) groups is 1. The summed E-state index contributed by atoms with van der Waals surface area (Å²) < 4.78 is 0. The van der Waals surface area contributed by atoms with E-state index in [1.165, 1.54) is 13.8 Å². The number of aliphatic carboxylic acids is 1. The van der Waals surface area contributed by atoms with E-state index in [0.717, 1.165) is 9.81 Å². The van der Waals surface area contributed by atoms with Crippen LogP contribution in [0.4, 0.5) is 4.79 Å². The summed E-state index contributed by atoms with van der Waals surface area (Å²) in [5.74, 6) is -1.16. The summed E-state index contributed by atoms with van der Waals surface area (Å²) in [6.45, 7) is 2.51. The molecule has 0 spiro atoms. The molecule has 8 heteroatoms. The molecule has 0 unspecified atom stereocenters. The molecule has 0 aromatic heterocycles. The molecule has 1 atom stereocenters. The molecule has 0 radical (unpaired) electrons. The Bertz CT molecular complexity index is 503. The lowest BCUT2D eigenvalue weighted by Crippen LogP contribution is -2.49. The first-order valence-electron chi connectivity index (χ1n) is 6.96. The molecule has 0 aromatic rings. The van der Waals surface area contributed by atoms with Crippen LogP contribution in [0.2, 0.25) is 0 Å². The van der Waals surface area contributed by atoms with Crippen LogP contribution in [0.1, 0.15) is 39.5 Å². The fourth-order valence-electron chi connectivity index (χ4n) is 2.15. The lowest BCUT2D eigenvalue weighted by Gasteiger charge is -2.24. The van der Waals surface area contributed by atoms with Crippen LogP contribution in [0.25, 0.3) is 0 Å². The van der Waals surface area contributed by atoms with Gasteiger partial charge in [0.1, 0.15) is 0 Å². The van der Waals surface area contributed by atoms with E-state index in [2.05, 4.69) is 5.32 Å². The Labute approximate surface area is 133 Å². The third-order valence-corrected chi connectivity index (χ3v) is 4.33. The third-order valence-electron chi connectivity index (χ3n) is 3.07. The number of amides is 4. The zero-order valence-electron chi connectivity index (χ0n) is 12.6. The summed E-state index contributed by atoms with van der Waals surface area (Å²) in [6.07, 6.45) is 3.84. The second-order valence-corrected chi connectivity index (χ2v) is 6.15. The molecule has 1 aliphatic rings. The number of allylic oxidation sites excluding steroid dienone is 1. The first-order valence-corrected chi connectivity index (χ1v) is 7.94. The van der Waals surface area contributed by atoms with Gasteiger partial charge in [-0.15, -0.1) is 11.8 Å². The molecule has 2 N–H and O–H groups in total. The number of nitrogens with zero attached hydrogens (tertiary/aromatic N) is 1. The number of carbonyl (C=O) groups excluding carboxylic acids is 3. The van der Waals surface area contributed by atoms with Crippen molar-refractivity contribution < 1.29 is 24.3 Å². The molecule has 0 aliphatic carbocycles. The zero-order chi connectivity index (χ0) is 16.7. The molecule has 22 heavy (non-hydrogen) atoms. The summed E-state index contributed by atoms with van der Waals surface area (Å²) >= 11 is 1.55. The highest BCUT2D eigenvalue weighted by Crippen LogP contribution is 2.34. The van der Waals surface area contributed by atoms with Gasteiger partial charge in [-0.2, -0.15) is 0 Å². The minimum Gasteiger partial charge on any atom is -0.481 e. The monoisotopic (exact) mass is 328 g/mol. The van der Waals surface area contributed by atoms with Gasteiger partial charge in [-0.3, -0.25) is 24.6 Å². The molecular formula is C14H20N2O5S. The van der Waals surface area contributed by atoms with Crippen LogP contribution in [0.15, 0.2) is 11.0 Å². The van der Waals surface area contributed by atoms with E-state index in [9.17, 15) is 19.2 Å². The summed E-state index contributed by atoms with van der Waals surface area (Å²) in [5.41, 5.74) is 0. The maximum atomic E-state index is 11.9. The number of urea groups is 1. The predicted octanol–water partition coefficient (Wildman–Crippen LogP) is 1.74. The number of carbonyl (C=O) groups is 4. The molecule has 122 valence electrons. The van der Waals surface area contributed by atoms with E-state index in [-0.39, 0.29) is 12.5 Å². The van der Waals surface area contributed by atoms with Crippen LogP contribution in [-0.2, 0) is 14.4 Å². The number of unbranched alkanes of at least 4 members (excludes halogenated alkanes) is 1. The minimum absolute atomic E-state index is 0.123. The molecule has 1 heterocycles. The SMILES string of the molecule is CC(=O)NC(=O)N(C(C)=O)[C@H]1CS/C(=C\CCCC(=O)O)C1. The minimum atomic E-state index is -0.820. The Hall–Kier alpha value is -1.83. The Balaban J connectivity index is 2.59. The van der Waals surface area contributed by atoms with Crippen molar-refractivity contribution in [2.75, 3.05) is 5.75 Å². The average molecular weight is 328 g/mol. The largest absolute Gasteiger partial charge is 0.481 e. The van der Waals surface area contributed by atoms with E-state index < -0.39 is 23.8 Å². The predicted molar refractivity (Wildman–Crippen MR) is 82.2 cm³/mol. The number of carboxylic acids is 1. The lowest BCUT2D eigenvalue weighted by molar-refractivity contribution is -0.137. The second-order valence-electron chi connectivity index (χ2n) is 5.00. The van der Waals surface area contributed by atoms with E-state index in [1.807, 2.05) is 6.08 Å². The molecule has 1 saturated heterocycles. The topological polar surface area (TPSA) is 104 Å². The Morgan fingerprint density at radius 2 is 2.05 bits per heavy atom. The Kier molecular flexibility index (Phi) is 7.10. The van der Waals surface area contributed by atoms with Crippen molar-refractivity contribution in [3.63, 3.8) is 0 Å². The number of carboxylic acid groups (broad SMARTS) is 1. The van der Waals surface area contributed by atoms with Gasteiger partial charge in [0.15, 0.2) is 0 Å². The number of nitrogens with one attached hydrogen (secondary N) is 1. The first kappa shape index (κ1) is 18.2. The van der Waals surface area contributed by atoms with Gasteiger partial charge in [-0.25, -0.2) is 4.79 Å². The van der Waals surface area contributed by atoms with Crippen LogP contribution in [0, 0.1) is 0 Å². The van der Waals surface area contributed by atoms with Crippen molar-refractivity contribution in [2.24, 2.45) is 0 Å². The van der Waals surface area contributed by atoms with E-state index >= 15 is 0 Å². The molecule has 1 fully saturated rings. The smallest absolute Gasteiger partial charge is 0.331 e. The highest BCUT2D eigenvalue weighted by atomic mass is 32.2. The van der Waals surface area contributed by atoms with Crippen LogP contribution in [-0.4, -0.2) is 45.6 Å². The standard InChI is InChI=1S/C14H20N2O5S/c1-9(17)15-14(21)16(10(2)18)11-7-12(22-8-11)5-3-4-6-13(19)20/h5,11H,3-4,6-8H2,1-2H3,(H,19,20)(H,15,17,21)/b12-5-/t11-/m1/s1. The number of rotatable bonds is 5. The zero-order valence-corrected chi connectivity index (χ0v) is 13.4. The molecule has 7 nitrogen and oxygen atoms in total. The van der Waals surface area contributed by atoms with Crippen LogP contribution < -0.4 is 5.32 Å². The van der Waals surface area contributed by atoms with E-state index in [1.54, 1.807) is 11.8 Å². The lowest BCUT2D eigenvalue weighted by atomic mass is 10.1. The van der Waals surface area contributed by atoms with Crippen molar-refractivity contribution in [3.8, 4) is 0 Å². The van der Waals surface area contributed by atoms with E-state index in [0.29, 0.717) is 25.0 Å². The van der Waals surface area contributed by atoms with Gasteiger partial charge < -0.3 is 5.11 Å². The molecular weight excluding hydrogens is 308 g/mol. The maximum Gasteiger partial charge on any atom is 0.331 e. The van der Waals surface area contributed by atoms with Gasteiger partial charge >= 0.3 is 12.0 Å². The van der Waals surface area contributed by atoms with Gasteiger partial charge in [0.2, 0.25) is 11.8 Å². The molecule has 1 aliphatic heterocycles. The first-order chi connectivity index (χ1) is 10.3. The normalized spacial score (nSPS) is 19.0. The summed E-state index contributed by atoms with van der Waals surface area (Å²) in [5, 5.41) is 10.7. The number of hydrogen-bond donors (Lipinski definition) is 2. The third kappa shape index (κ3) is 5.88. The van der Waals surface area contributed by atoms with Crippen molar-refractivity contribution in [3.05, 3.63) is 11.0 Å². The van der Waals surface area contributed by atoms with Gasteiger partial charge in [0, 0.05) is 26.0 Å². The van der Waals surface area contributed by atoms with Gasteiger partial charge in [0.25, 0.3) is 0 Å². The quantitative estimate of drug-likeness (QED) is 0.745. The highest BCUT2D eigenvalue weighted by molar-refractivity contribution is 8.03. The summed E-state index contributed by atoms with van der Waals surface area (Å²) in [6, 6.07) is -0.981. The molecule has 1 rings (SSSR count). The van der Waals surface area contributed by atoms with Crippen molar-refractivity contribution in [1.29, 1.82) is 0 Å². The Morgan fingerprint density at radius 1 is 1.36 bits per heavy atom. The van der Waals surface area contributed by atoms with Crippen LogP contribution in [0.5, 0.6) is 0 Å². The van der Waals surface area contributed by atoms with Gasteiger partial charge in [-0.05, 0) is 24.2 Å². The second kappa shape index (κ2) is 8.57. The fraction of sp³-hybridized carbons (Fsp3) is 0.571. The molecule has 0 saturated carbocycles. The highest BCUT2D eigenvalue weighted by Gasteiger charge is 2.32. The van der Waals surface area contributed by atoms with Crippen LogP contribution in [0.3, 0.4) is 0 Å². The Morgan fingerprint density at radius 3 is 2.59 bits per heavy atom. The van der Waals surface area contributed by atoms with Crippen molar-refractivity contribution in [2.45, 2.75) is 45.6 Å². The van der Waals surface area contributed by atoms with Crippen molar-refractivity contribution >= 4 is 35.6 Å². The summed E-state index contributed by atoms with van der Waals surface area (Å²) in [4.78, 5) is 47.1. The van der Waals surface area contributed by atoms with Gasteiger partial charge in [-0.1, -0.05) is 6.08 Å². The molecule has 4 amide bonds. The van der Waals surface area contributed by atoms with E-state index in [4.69, 9.17) is 5.11 Å². The van der Waals surface area contributed by atoms with Crippen molar-refractivity contribution in [1.82, 2.24) is 10.2 Å². The number of hydrogen-bond acceptors (Lipinski definition) is 5. The fourth-order valence-corrected chi connectivity index (χ4v) is 3.37. The van der Waals surface area contributed by atoms with Crippen LogP contribution >= 0.6 is 11.8 Å². The average Bonchev–Trinajstić information content (AvgIpc) is 2.81. The molecule has 0 bridgehead atoms. The summed E-state index contributed by atoms with van der Waals surface area (Å²) in [7, 11) is 0. The molecule has 0 aromatic carbocycles. The maximum absolute atomic E-state index is 11.9. The number of imide groups is 2.